The van der Waals surface area contributed by atoms with Crippen molar-refractivity contribution in [2.75, 3.05) is 21.3 Å². The van der Waals surface area contributed by atoms with Crippen LogP contribution in [0.1, 0.15) is 65.2 Å². The zero-order valence-corrected chi connectivity index (χ0v) is 13.0. The first-order chi connectivity index (χ1) is 8.70. The Hall–Kier alpha value is -0.120. The predicted molar refractivity (Wildman–Crippen MR) is 75.5 cm³/mol. The molecule has 0 aliphatic rings. The molecule has 0 rings (SSSR count). The zero-order valence-electron chi connectivity index (χ0n) is 13.0. The van der Waals surface area contributed by atoms with Crippen molar-refractivity contribution in [2.24, 2.45) is 5.92 Å². The Morgan fingerprint density at radius 3 is 1.72 bits per heavy atom. The van der Waals surface area contributed by atoms with E-state index in [1.165, 1.54) is 32.1 Å². The maximum atomic E-state index is 5.48. The van der Waals surface area contributed by atoms with Crippen LogP contribution in [0.3, 0.4) is 0 Å². The van der Waals surface area contributed by atoms with Crippen LogP contribution in [-0.4, -0.2) is 27.3 Å². The van der Waals surface area contributed by atoms with Gasteiger partial charge in [-0.3, -0.25) is 0 Å². The number of hydrogen-bond donors (Lipinski definition) is 0. The minimum Gasteiger partial charge on any atom is -0.331 e. The van der Waals surface area contributed by atoms with Crippen molar-refractivity contribution in [3.8, 4) is 0 Å². The Kier molecular flexibility index (Phi) is 10.7. The molecule has 0 saturated carbocycles. The third-order valence-corrected chi connectivity index (χ3v) is 3.65. The summed E-state index contributed by atoms with van der Waals surface area (Å²) in [4.78, 5) is 0. The smallest absolute Gasteiger partial charge is 0.285 e. The molecule has 0 aromatic heterocycles. The van der Waals surface area contributed by atoms with E-state index in [9.17, 15) is 0 Å². The van der Waals surface area contributed by atoms with Crippen molar-refractivity contribution < 1.29 is 14.2 Å². The first-order valence-electron chi connectivity index (χ1n) is 7.36. The van der Waals surface area contributed by atoms with Crippen molar-refractivity contribution in [1.29, 1.82) is 0 Å². The van der Waals surface area contributed by atoms with Crippen LogP contribution in [0.25, 0.3) is 0 Å². The third-order valence-electron chi connectivity index (χ3n) is 3.65. The molecule has 0 aromatic rings. The second kappa shape index (κ2) is 10.8. The van der Waals surface area contributed by atoms with Crippen molar-refractivity contribution in [1.82, 2.24) is 0 Å². The van der Waals surface area contributed by atoms with Crippen LogP contribution in [0.5, 0.6) is 0 Å². The monoisotopic (exact) mass is 260 g/mol. The minimum absolute atomic E-state index is 0.309. The van der Waals surface area contributed by atoms with Gasteiger partial charge < -0.3 is 14.2 Å². The molecule has 0 aliphatic carbocycles. The SMILES string of the molecule is CCCCCCCC(CCC)C(OC)(OC)OC. The predicted octanol–water partition coefficient (Wildman–Crippen LogP) is 4.36. The maximum absolute atomic E-state index is 5.48. The fourth-order valence-corrected chi connectivity index (χ4v) is 2.59. The molecular formula is C15H32O3. The maximum Gasteiger partial charge on any atom is 0.285 e. The largest absolute Gasteiger partial charge is 0.331 e. The topological polar surface area (TPSA) is 27.7 Å². The summed E-state index contributed by atoms with van der Waals surface area (Å²) >= 11 is 0. The number of unbranched alkanes of at least 4 members (excludes halogenated alkanes) is 4. The average Bonchev–Trinajstić information content (AvgIpc) is 2.41. The van der Waals surface area contributed by atoms with Crippen LogP contribution < -0.4 is 0 Å². The number of hydrogen-bond acceptors (Lipinski definition) is 3. The minimum atomic E-state index is -0.860. The highest BCUT2D eigenvalue weighted by Gasteiger charge is 2.38. The van der Waals surface area contributed by atoms with Gasteiger partial charge in [0.2, 0.25) is 0 Å². The summed E-state index contributed by atoms with van der Waals surface area (Å²) in [5.74, 6) is -0.551. The fourth-order valence-electron chi connectivity index (χ4n) is 2.59. The van der Waals surface area contributed by atoms with Crippen molar-refractivity contribution in [2.45, 2.75) is 71.2 Å². The number of methoxy groups -OCH3 is 3. The van der Waals surface area contributed by atoms with Gasteiger partial charge in [-0.15, -0.1) is 0 Å². The molecule has 0 N–H and O–H groups in total. The van der Waals surface area contributed by atoms with E-state index in [0.717, 1.165) is 19.3 Å². The van der Waals surface area contributed by atoms with E-state index in [1.54, 1.807) is 21.3 Å². The molecule has 0 spiro atoms. The molecular weight excluding hydrogens is 228 g/mol. The summed E-state index contributed by atoms with van der Waals surface area (Å²) in [6, 6.07) is 0. The molecule has 0 fully saturated rings. The van der Waals surface area contributed by atoms with Crippen LogP contribution in [0.2, 0.25) is 0 Å². The van der Waals surface area contributed by atoms with Crippen molar-refractivity contribution >= 4 is 0 Å². The van der Waals surface area contributed by atoms with Gasteiger partial charge in [-0.1, -0.05) is 52.4 Å². The van der Waals surface area contributed by atoms with E-state index >= 15 is 0 Å². The molecule has 1 unspecified atom stereocenters. The van der Waals surface area contributed by atoms with Crippen LogP contribution in [0, 0.1) is 5.92 Å². The molecule has 0 radical (unpaired) electrons. The number of rotatable bonds is 12. The van der Waals surface area contributed by atoms with Gasteiger partial charge in [-0.2, -0.15) is 0 Å². The first kappa shape index (κ1) is 17.9. The van der Waals surface area contributed by atoms with Gasteiger partial charge in [-0.05, 0) is 12.8 Å². The summed E-state index contributed by atoms with van der Waals surface area (Å²) in [5, 5.41) is 0. The Balaban J connectivity index is 4.26. The molecule has 0 bridgehead atoms. The van der Waals surface area contributed by atoms with E-state index in [-0.39, 0.29) is 0 Å². The Morgan fingerprint density at radius 2 is 1.28 bits per heavy atom. The zero-order chi connectivity index (χ0) is 13.9. The molecule has 0 heterocycles. The summed E-state index contributed by atoms with van der Waals surface area (Å²) in [7, 11) is 4.98. The molecule has 0 saturated heterocycles. The van der Waals surface area contributed by atoms with Gasteiger partial charge in [0.1, 0.15) is 0 Å². The van der Waals surface area contributed by atoms with E-state index in [0.29, 0.717) is 5.92 Å². The summed E-state index contributed by atoms with van der Waals surface area (Å²) < 4.78 is 16.5. The lowest BCUT2D eigenvalue weighted by Crippen LogP contribution is -2.44. The van der Waals surface area contributed by atoms with E-state index in [1.807, 2.05) is 0 Å². The lowest BCUT2D eigenvalue weighted by atomic mass is 9.93. The third kappa shape index (κ3) is 5.68. The standard InChI is InChI=1S/C15H32O3/c1-6-8-9-10-11-13-14(12-7-2)15(16-3,17-4)18-5/h14H,6-13H2,1-5H3. The van der Waals surface area contributed by atoms with Gasteiger partial charge in [0.15, 0.2) is 0 Å². The average molecular weight is 260 g/mol. The van der Waals surface area contributed by atoms with Crippen LogP contribution in [-0.2, 0) is 14.2 Å². The van der Waals surface area contributed by atoms with E-state index < -0.39 is 5.97 Å². The van der Waals surface area contributed by atoms with Crippen LogP contribution in [0.15, 0.2) is 0 Å². The van der Waals surface area contributed by atoms with Crippen molar-refractivity contribution in [3.05, 3.63) is 0 Å². The molecule has 18 heavy (non-hydrogen) atoms. The highest BCUT2D eigenvalue weighted by molar-refractivity contribution is 4.71. The van der Waals surface area contributed by atoms with E-state index in [4.69, 9.17) is 14.2 Å². The highest BCUT2D eigenvalue weighted by Crippen LogP contribution is 2.32. The van der Waals surface area contributed by atoms with Crippen molar-refractivity contribution in [3.63, 3.8) is 0 Å². The lowest BCUT2D eigenvalue weighted by Gasteiger charge is -2.36. The Bertz CT molecular complexity index is 170. The fraction of sp³-hybridized carbons (Fsp3) is 1.00. The molecule has 110 valence electrons. The van der Waals surface area contributed by atoms with Gasteiger partial charge in [0, 0.05) is 27.2 Å². The second-order valence-electron chi connectivity index (χ2n) is 4.90. The van der Waals surface area contributed by atoms with Gasteiger partial charge in [-0.25, -0.2) is 0 Å². The summed E-state index contributed by atoms with van der Waals surface area (Å²) in [5.41, 5.74) is 0. The Morgan fingerprint density at radius 1 is 0.722 bits per heavy atom. The molecule has 1 atom stereocenters. The first-order valence-corrected chi connectivity index (χ1v) is 7.36. The molecule has 0 aliphatic heterocycles. The van der Waals surface area contributed by atoms with E-state index in [2.05, 4.69) is 13.8 Å². The number of ether oxygens (including phenoxy) is 3. The summed E-state index contributed by atoms with van der Waals surface area (Å²) in [6.45, 7) is 4.43. The van der Waals surface area contributed by atoms with Gasteiger partial charge in [0.25, 0.3) is 5.97 Å². The molecule has 3 heteroatoms. The van der Waals surface area contributed by atoms with Crippen LogP contribution in [0.4, 0.5) is 0 Å². The summed E-state index contributed by atoms with van der Waals surface area (Å²) in [6.07, 6.45) is 9.77. The molecule has 0 amide bonds. The molecule has 0 aromatic carbocycles. The van der Waals surface area contributed by atoms with Gasteiger partial charge >= 0.3 is 0 Å². The lowest BCUT2D eigenvalue weighted by molar-refractivity contribution is -0.380. The van der Waals surface area contributed by atoms with Crippen LogP contribution >= 0.6 is 0 Å². The molecule has 3 nitrogen and oxygen atoms in total. The normalized spacial score (nSPS) is 13.8. The van der Waals surface area contributed by atoms with Gasteiger partial charge in [0.05, 0.1) is 0 Å². The quantitative estimate of drug-likeness (QED) is 0.385. The second-order valence-corrected chi connectivity index (χ2v) is 4.90. The highest BCUT2D eigenvalue weighted by atomic mass is 16.9. The Labute approximate surface area is 113 Å².